The van der Waals surface area contributed by atoms with Gasteiger partial charge in [-0.2, -0.15) is 0 Å². The van der Waals surface area contributed by atoms with Gasteiger partial charge in [0.05, 0.1) is 27.7 Å². The molecule has 58 heavy (non-hydrogen) atoms. The number of unbranched alkanes of at least 4 members (excludes halogenated alkanes) is 8. The van der Waals surface area contributed by atoms with Gasteiger partial charge in [-0.25, -0.2) is 4.57 Å². The molecule has 0 spiro atoms. The zero-order valence-electron chi connectivity index (χ0n) is 34.9. The summed E-state index contributed by atoms with van der Waals surface area (Å²) in [6, 6.07) is 38.2. The lowest BCUT2D eigenvalue weighted by atomic mass is 10.0. The Kier molecular flexibility index (Phi) is 20.4. The van der Waals surface area contributed by atoms with Gasteiger partial charge in [0.2, 0.25) is 0 Å². The van der Waals surface area contributed by atoms with E-state index in [9.17, 15) is 19.0 Å². The van der Waals surface area contributed by atoms with Crippen LogP contribution < -0.4 is 0 Å². The van der Waals surface area contributed by atoms with Gasteiger partial charge >= 0.3 is 19.8 Å². The molecule has 0 bridgehead atoms. The molecule has 4 rings (SSSR count). The van der Waals surface area contributed by atoms with Crippen LogP contribution in [-0.4, -0.2) is 74.9 Å². The predicted octanol–water partition coefficient (Wildman–Crippen LogP) is 10.8. The Bertz CT molecular complexity index is 1790. The molecular weight excluding hydrogens is 750 g/mol. The molecule has 0 saturated heterocycles. The highest BCUT2D eigenvalue weighted by molar-refractivity contribution is 7.47. The minimum atomic E-state index is -4.41. The van der Waals surface area contributed by atoms with E-state index < -0.39 is 32.5 Å². The number of rotatable bonds is 28. The molecule has 1 unspecified atom stereocenters. The number of carbonyl (C=O) groups excluding carboxylic acids is 2. The van der Waals surface area contributed by atoms with E-state index >= 15 is 0 Å². The Labute approximate surface area is 346 Å². The molecule has 0 aliphatic heterocycles. The molecule has 0 aliphatic carbocycles. The summed E-state index contributed by atoms with van der Waals surface area (Å²) in [4.78, 5) is 35.6. The van der Waals surface area contributed by atoms with Gasteiger partial charge in [0.25, 0.3) is 0 Å². The lowest BCUT2D eigenvalue weighted by Crippen LogP contribution is -2.37. The number of carbonyl (C=O) groups is 2. The van der Waals surface area contributed by atoms with Crippen molar-refractivity contribution in [3.8, 4) is 22.3 Å². The van der Waals surface area contributed by atoms with E-state index in [-0.39, 0.29) is 26.1 Å². The Morgan fingerprint density at radius 2 is 0.983 bits per heavy atom. The largest absolute Gasteiger partial charge is 0.472 e. The van der Waals surface area contributed by atoms with Crippen LogP contribution >= 0.6 is 7.82 Å². The smallest absolute Gasteiger partial charge is 0.462 e. The monoisotopic (exact) mass is 814 g/mol. The molecule has 0 saturated carbocycles. The quantitative estimate of drug-likeness (QED) is 0.0261. The van der Waals surface area contributed by atoms with Gasteiger partial charge in [0.1, 0.15) is 19.8 Å². The first-order valence-electron chi connectivity index (χ1n) is 21.0. The molecule has 0 heterocycles. The van der Waals surface area contributed by atoms with Gasteiger partial charge in [-0.05, 0) is 71.9 Å². The molecule has 9 nitrogen and oxygen atoms in total. The molecule has 0 aliphatic rings. The van der Waals surface area contributed by atoms with Crippen LogP contribution in [0, 0.1) is 0 Å². The minimum Gasteiger partial charge on any atom is -0.462 e. The fourth-order valence-electron chi connectivity index (χ4n) is 6.51. The number of hydrogen-bond donors (Lipinski definition) is 1. The van der Waals surface area contributed by atoms with Crippen LogP contribution in [0.2, 0.25) is 0 Å². The number of nitrogens with zero attached hydrogens (tertiary/aromatic N) is 1. The van der Waals surface area contributed by atoms with E-state index in [0.717, 1.165) is 64.2 Å². The number of quaternary nitrogens is 1. The first-order valence-corrected chi connectivity index (χ1v) is 22.5. The van der Waals surface area contributed by atoms with Gasteiger partial charge in [-0.3, -0.25) is 18.6 Å². The molecule has 10 heteroatoms. The third-order valence-corrected chi connectivity index (χ3v) is 11.0. The van der Waals surface area contributed by atoms with Crippen LogP contribution in [0.3, 0.4) is 0 Å². The summed E-state index contributed by atoms with van der Waals surface area (Å²) in [6.07, 6.45) is 10.9. The lowest BCUT2D eigenvalue weighted by Gasteiger charge is -2.24. The van der Waals surface area contributed by atoms with Crippen LogP contribution in [0.1, 0.15) is 88.2 Å². The van der Waals surface area contributed by atoms with Crippen LogP contribution in [0.4, 0.5) is 0 Å². The van der Waals surface area contributed by atoms with Gasteiger partial charge in [0, 0.05) is 12.8 Å². The average Bonchev–Trinajstić information content (AvgIpc) is 3.21. The van der Waals surface area contributed by atoms with Crippen LogP contribution in [0.15, 0.2) is 109 Å². The second kappa shape index (κ2) is 25.4. The van der Waals surface area contributed by atoms with Crippen molar-refractivity contribution in [2.24, 2.45) is 0 Å². The Morgan fingerprint density at radius 1 is 0.552 bits per heavy atom. The summed E-state index contributed by atoms with van der Waals surface area (Å²) in [7, 11) is 1.41. The molecule has 4 aromatic rings. The van der Waals surface area contributed by atoms with E-state index in [1.807, 2.05) is 45.4 Å². The summed E-state index contributed by atoms with van der Waals surface area (Å²) in [5, 5.41) is 0. The first kappa shape index (κ1) is 46.6. The Morgan fingerprint density at radius 3 is 1.47 bits per heavy atom. The third-order valence-electron chi connectivity index (χ3n) is 9.98. The van der Waals surface area contributed by atoms with Gasteiger partial charge in [0.15, 0.2) is 6.10 Å². The standard InChI is InChI=1S/C48H64NO8P/c1-49(2,3)36-37-55-58(52,53)56-39-46(57-48(51)27-19-9-5-7-13-21-41-30-34-45(35-31-41)43-24-16-11-17-25-43)38-54-47(50)26-18-8-4-6-12-20-40-28-32-44(33-29-40)42-22-14-10-15-23-42/h10-11,14-17,22-25,28-35,46H,4-9,12-13,18-21,26-27,36-39H2,1-3H3/p+1/t46-/m1/s1. The topological polar surface area (TPSA) is 108 Å². The summed E-state index contributed by atoms with van der Waals surface area (Å²) in [6.45, 7) is -0.189. The molecule has 4 aromatic carbocycles. The molecule has 2 atom stereocenters. The second-order valence-electron chi connectivity index (χ2n) is 16.1. The summed E-state index contributed by atoms with van der Waals surface area (Å²) in [5.41, 5.74) is 7.50. The Hall–Kier alpha value is -4.11. The summed E-state index contributed by atoms with van der Waals surface area (Å²) >= 11 is 0. The van der Waals surface area contributed by atoms with Crippen molar-refractivity contribution < 1.29 is 42.1 Å². The highest BCUT2D eigenvalue weighted by Crippen LogP contribution is 2.43. The number of ether oxygens (including phenoxy) is 2. The number of hydrogen-bond acceptors (Lipinski definition) is 7. The number of esters is 2. The fraction of sp³-hybridized carbons (Fsp3) is 0.458. The van der Waals surface area contributed by atoms with Crippen molar-refractivity contribution in [2.75, 3.05) is 47.5 Å². The third kappa shape index (κ3) is 19.6. The molecular formula is C48H65NO8P+. The maximum absolute atomic E-state index is 12.8. The van der Waals surface area contributed by atoms with Crippen LogP contribution in [0.5, 0.6) is 0 Å². The van der Waals surface area contributed by atoms with E-state index in [2.05, 4.69) is 84.9 Å². The van der Waals surface area contributed by atoms with E-state index in [1.54, 1.807) is 0 Å². The molecule has 0 amide bonds. The van der Waals surface area contributed by atoms with Crippen molar-refractivity contribution >= 4 is 19.8 Å². The SMILES string of the molecule is C[N+](C)(C)CCOP(=O)(O)OC[C@@H](COC(=O)CCCCCCCc1ccc(-c2ccccc2)cc1)OC(=O)CCCCCCCc1ccc(-c2ccccc2)cc1. The Balaban J connectivity index is 1.10. The van der Waals surface area contributed by atoms with E-state index in [1.165, 1.54) is 33.4 Å². The fourth-order valence-corrected chi connectivity index (χ4v) is 7.25. The van der Waals surface area contributed by atoms with E-state index in [0.29, 0.717) is 23.9 Å². The van der Waals surface area contributed by atoms with E-state index in [4.69, 9.17) is 18.5 Å². The zero-order chi connectivity index (χ0) is 41.5. The van der Waals surface area contributed by atoms with Crippen molar-refractivity contribution in [1.29, 1.82) is 0 Å². The average molecular weight is 815 g/mol. The highest BCUT2D eigenvalue weighted by atomic mass is 31.2. The van der Waals surface area contributed by atoms with Gasteiger partial charge in [-0.1, -0.05) is 148 Å². The summed E-state index contributed by atoms with van der Waals surface area (Å²) in [5.74, 6) is -0.868. The molecule has 314 valence electrons. The molecule has 0 fully saturated rings. The molecule has 1 N–H and O–H groups in total. The van der Waals surface area contributed by atoms with Crippen molar-refractivity contribution in [3.05, 3.63) is 120 Å². The summed E-state index contributed by atoms with van der Waals surface area (Å²) < 4.78 is 34.4. The normalized spacial score (nSPS) is 13.1. The van der Waals surface area contributed by atoms with Gasteiger partial charge < -0.3 is 18.9 Å². The maximum Gasteiger partial charge on any atom is 0.472 e. The number of phosphoric ester groups is 1. The molecule has 0 aromatic heterocycles. The minimum absolute atomic E-state index is 0.0130. The van der Waals surface area contributed by atoms with Gasteiger partial charge in [-0.15, -0.1) is 0 Å². The number of phosphoric acid groups is 1. The highest BCUT2D eigenvalue weighted by Gasteiger charge is 2.27. The lowest BCUT2D eigenvalue weighted by molar-refractivity contribution is -0.870. The molecule has 0 radical (unpaired) electrons. The van der Waals surface area contributed by atoms with Crippen molar-refractivity contribution in [2.45, 2.75) is 96.0 Å². The second-order valence-corrected chi connectivity index (χ2v) is 17.5. The zero-order valence-corrected chi connectivity index (χ0v) is 35.8. The number of aryl methyl sites for hydroxylation is 2. The van der Waals surface area contributed by atoms with Crippen molar-refractivity contribution in [3.63, 3.8) is 0 Å². The van der Waals surface area contributed by atoms with Crippen LogP contribution in [0.25, 0.3) is 22.3 Å². The number of likely N-dealkylation sites (N-methyl/N-ethyl adjacent to an activating group) is 1. The first-order chi connectivity index (χ1) is 28.0. The predicted molar refractivity (Wildman–Crippen MR) is 232 cm³/mol. The number of benzene rings is 4. The maximum atomic E-state index is 12.8. The van der Waals surface area contributed by atoms with Crippen LogP contribution in [-0.2, 0) is 45.5 Å². The van der Waals surface area contributed by atoms with Crippen molar-refractivity contribution in [1.82, 2.24) is 0 Å².